The molecule has 1 heterocycles. The van der Waals surface area contributed by atoms with Crippen LogP contribution in [0.3, 0.4) is 0 Å². The maximum atomic E-state index is 14.0. The molecule has 0 spiro atoms. The lowest BCUT2D eigenvalue weighted by molar-refractivity contribution is 0.470. The first-order valence-corrected chi connectivity index (χ1v) is 11.7. The third kappa shape index (κ3) is 4.17. The highest BCUT2D eigenvalue weighted by Crippen LogP contribution is 2.36. The van der Waals surface area contributed by atoms with Gasteiger partial charge < -0.3 is 4.42 Å². The summed E-state index contributed by atoms with van der Waals surface area (Å²) in [5.74, 6) is 0.0695. The van der Waals surface area contributed by atoms with E-state index in [1.807, 2.05) is 25.1 Å². The number of benzene rings is 3. The standard InChI is InChI=1S/C23H18FNO3S2/c1-16-11-13-19(14-12-16)30(26,27)22-23(29-15-18-9-5-6-10-20(18)24)28-21(25-22)17-7-3-2-4-8-17/h2-14H,15H2,1H3. The van der Waals surface area contributed by atoms with Gasteiger partial charge in [-0.3, -0.25) is 0 Å². The van der Waals surface area contributed by atoms with E-state index in [-0.39, 0.29) is 32.5 Å². The molecule has 0 N–H and O–H groups in total. The average molecular weight is 440 g/mol. The molecular formula is C23H18FNO3S2. The van der Waals surface area contributed by atoms with Crippen LogP contribution in [0.4, 0.5) is 4.39 Å². The van der Waals surface area contributed by atoms with Crippen molar-refractivity contribution in [1.82, 2.24) is 4.98 Å². The zero-order chi connectivity index (χ0) is 21.1. The van der Waals surface area contributed by atoms with Crippen LogP contribution < -0.4 is 0 Å². The molecule has 0 aliphatic rings. The van der Waals surface area contributed by atoms with Gasteiger partial charge in [0.2, 0.25) is 25.8 Å². The van der Waals surface area contributed by atoms with Crippen molar-refractivity contribution in [3.8, 4) is 11.5 Å². The number of halogens is 1. The lowest BCUT2D eigenvalue weighted by Gasteiger charge is -2.05. The van der Waals surface area contributed by atoms with Crippen molar-refractivity contribution < 1.29 is 17.2 Å². The van der Waals surface area contributed by atoms with Gasteiger partial charge in [-0.15, -0.1) is 0 Å². The fourth-order valence-electron chi connectivity index (χ4n) is 2.85. The minimum atomic E-state index is -3.91. The Morgan fingerprint density at radius 3 is 2.30 bits per heavy atom. The van der Waals surface area contributed by atoms with Crippen molar-refractivity contribution >= 4 is 21.6 Å². The summed E-state index contributed by atoms with van der Waals surface area (Å²) in [5.41, 5.74) is 2.07. The number of hydrogen-bond donors (Lipinski definition) is 0. The summed E-state index contributed by atoms with van der Waals surface area (Å²) in [7, 11) is -3.91. The van der Waals surface area contributed by atoms with Crippen LogP contribution in [-0.2, 0) is 15.6 Å². The maximum absolute atomic E-state index is 14.0. The van der Waals surface area contributed by atoms with Crippen LogP contribution in [-0.4, -0.2) is 13.4 Å². The zero-order valence-corrected chi connectivity index (χ0v) is 17.7. The molecule has 7 heteroatoms. The minimum absolute atomic E-state index is 0.133. The van der Waals surface area contributed by atoms with E-state index in [4.69, 9.17) is 4.42 Å². The summed E-state index contributed by atoms with van der Waals surface area (Å²) in [5, 5.41) is -0.0239. The molecule has 0 aliphatic heterocycles. The van der Waals surface area contributed by atoms with E-state index >= 15 is 0 Å². The molecular weight excluding hydrogens is 421 g/mol. The Balaban J connectivity index is 1.76. The second kappa shape index (κ2) is 8.45. The lowest BCUT2D eigenvalue weighted by Crippen LogP contribution is -2.04. The first kappa shape index (κ1) is 20.4. The molecule has 152 valence electrons. The molecule has 1 aromatic heterocycles. The Hall–Kier alpha value is -2.90. The monoisotopic (exact) mass is 439 g/mol. The Labute approximate surface area is 178 Å². The highest BCUT2D eigenvalue weighted by molar-refractivity contribution is 7.99. The van der Waals surface area contributed by atoms with Gasteiger partial charge in [-0.05, 0) is 42.8 Å². The van der Waals surface area contributed by atoms with Gasteiger partial charge in [-0.1, -0.05) is 65.9 Å². The van der Waals surface area contributed by atoms with Crippen LogP contribution in [0.25, 0.3) is 11.5 Å². The van der Waals surface area contributed by atoms with Crippen molar-refractivity contribution in [3.63, 3.8) is 0 Å². The lowest BCUT2D eigenvalue weighted by atomic mass is 10.2. The van der Waals surface area contributed by atoms with E-state index < -0.39 is 9.84 Å². The summed E-state index contributed by atoms with van der Waals surface area (Å²) in [4.78, 5) is 4.45. The van der Waals surface area contributed by atoms with Crippen molar-refractivity contribution in [2.75, 3.05) is 0 Å². The molecule has 0 fully saturated rings. The fraction of sp³-hybridized carbons (Fsp3) is 0.0870. The molecule has 0 saturated carbocycles. The largest absolute Gasteiger partial charge is 0.428 e. The highest BCUT2D eigenvalue weighted by atomic mass is 32.2. The second-order valence-corrected chi connectivity index (χ2v) is 9.49. The predicted molar refractivity (Wildman–Crippen MR) is 115 cm³/mol. The van der Waals surface area contributed by atoms with Crippen LogP contribution in [0.5, 0.6) is 0 Å². The molecule has 0 unspecified atom stereocenters. The Morgan fingerprint density at radius 2 is 1.60 bits per heavy atom. The SMILES string of the molecule is Cc1ccc(S(=O)(=O)c2nc(-c3ccccc3)oc2SCc2ccccc2F)cc1. The van der Waals surface area contributed by atoms with E-state index in [1.165, 1.54) is 6.07 Å². The molecule has 4 rings (SSSR count). The van der Waals surface area contributed by atoms with Crippen LogP contribution in [0.1, 0.15) is 11.1 Å². The molecule has 0 aliphatic carbocycles. The molecule has 0 bridgehead atoms. The third-order valence-electron chi connectivity index (χ3n) is 4.49. The van der Waals surface area contributed by atoms with Gasteiger partial charge in [0.1, 0.15) is 5.82 Å². The number of sulfone groups is 1. The molecule has 3 aromatic carbocycles. The number of oxazole rings is 1. The quantitative estimate of drug-likeness (QED) is 0.349. The van der Waals surface area contributed by atoms with Gasteiger partial charge in [-0.25, -0.2) is 12.8 Å². The van der Waals surface area contributed by atoms with E-state index in [1.54, 1.807) is 54.6 Å². The molecule has 4 aromatic rings. The van der Waals surface area contributed by atoms with Crippen LogP contribution >= 0.6 is 11.8 Å². The Bertz CT molecular complexity index is 1270. The normalized spacial score (nSPS) is 11.5. The van der Waals surface area contributed by atoms with Gasteiger partial charge in [0.15, 0.2) is 0 Å². The van der Waals surface area contributed by atoms with Gasteiger partial charge in [0.25, 0.3) is 0 Å². The second-order valence-electron chi connectivity index (χ2n) is 6.67. The number of thioether (sulfide) groups is 1. The van der Waals surface area contributed by atoms with Gasteiger partial charge in [-0.2, -0.15) is 4.98 Å². The Kier molecular flexibility index (Phi) is 5.74. The molecule has 4 nitrogen and oxygen atoms in total. The minimum Gasteiger partial charge on any atom is -0.428 e. The number of aromatic nitrogens is 1. The number of aryl methyl sites for hydroxylation is 1. The van der Waals surface area contributed by atoms with Gasteiger partial charge >= 0.3 is 0 Å². The highest BCUT2D eigenvalue weighted by Gasteiger charge is 2.28. The number of hydrogen-bond acceptors (Lipinski definition) is 5. The predicted octanol–water partition coefficient (Wildman–Crippen LogP) is 5.91. The smallest absolute Gasteiger partial charge is 0.228 e. The van der Waals surface area contributed by atoms with Gasteiger partial charge in [0.05, 0.1) is 4.90 Å². The maximum Gasteiger partial charge on any atom is 0.228 e. The summed E-state index contributed by atoms with van der Waals surface area (Å²) in [6.07, 6.45) is 0. The van der Waals surface area contributed by atoms with E-state index in [2.05, 4.69) is 4.98 Å². The first-order valence-electron chi connectivity index (χ1n) is 9.19. The zero-order valence-electron chi connectivity index (χ0n) is 16.1. The van der Waals surface area contributed by atoms with E-state index in [0.29, 0.717) is 11.1 Å². The average Bonchev–Trinajstić information content (AvgIpc) is 3.19. The van der Waals surface area contributed by atoms with Crippen molar-refractivity contribution in [1.29, 1.82) is 0 Å². The summed E-state index contributed by atoms with van der Waals surface area (Å²) in [6, 6.07) is 22.0. The number of nitrogens with zero attached hydrogens (tertiary/aromatic N) is 1. The van der Waals surface area contributed by atoms with Crippen molar-refractivity contribution in [3.05, 3.63) is 95.8 Å². The molecule has 0 amide bonds. The summed E-state index contributed by atoms with van der Waals surface area (Å²) < 4.78 is 46.4. The van der Waals surface area contributed by atoms with Crippen LogP contribution in [0, 0.1) is 12.7 Å². The number of rotatable bonds is 6. The molecule has 0 atom stereocenters. The van der Waals surface area contributed by atoms with Crippen molar-refractivity contribution in [2.45, 2.75) is 27.7 Å². The van der Waals surface area contributed by atoms with E-state index in [0.717, 1.165) is 17.3 Å². The Morgan fingerprint density at radius 1 is 0.933 bits per heavy atom. The fourth-order valence-corrected chi connectivity index (χ4v) is 5.36. The third-order valence-corrected chi connectivity index (χ3v) is 7.29. The van der Waals surface area contributed by atoms with E-state index in [9.17, 15) is 12.8 Å². The summed E-state index contributed by atoms with van der Waals surface area (Å²) >= 11 is 1.11. The van der Waals surface area contributed by atoms with Crippen molar-refractivity contribution in [2.24, 2.45) is 0 Å². The first-order chi connectivity index (χ1) is 14.4. The molecule has 0 saturated heterocycles. The topological polar surface area (TPSA) is 60.2 Å². The molecule has 30 heavy (non-hydrogen) atoms. The summed E-state index contributed by atoms with van der Waals surface area (Å²) in [6.45, 7) is 1.88. The molecule has 0 radical (unpaired) electrons. The van der Waals surface area contributed by atoms with Crippen LogP contribution in [0.15, 0.2) is 98.3 Å². The van der Waals surface area contributed by atoms with Gasteiger partial charge in [0, 0.05) is 11.3 Å². The van der Waals surface area contributed by atoms with Crippen LogP contribution in [0.2, 0.25) is 0 Å².